The molecule has 0 aliphatic rings. The number of methoxy groups -OCH3 is 1. The Kier molecular flexibility index (Phi) is 14.1. The molecule has 0 aromatic carbocycles. The molecule has 3 nitrogen and oxygen atoms in total. The van der Waals surface area contributed by atoms with Gasteiger partial charge in [0.05, 0.1) is 13.2 Å². The molecule has 0 saturated heterocycles. The zero-order valence-corrected chi connectivity index (χ0v) is 13.5. The van der Waals surface area contributed by atoms with E-state index >= 15 is 0 Å². The van der Waals surface area contributed by atoms with Crippen LogP contribution < -0.4 is 0 Å². The molecular weight excluding hydrogens is 264 g/mol. The van der Waals surface area contributed by atoms with Gasteiger partial charge in [-0.1, -0.05) is 62.6 Å². The van der Waals surface area contributed by atoms with Crippen molar-refractivity contribution in [2.45, 2.75) is 64.4 Å². The Labute approximate surface area is 129 Å². The van der Waals surface area contributed by atoms with Crippen molar-refractivity contribution in [1.82, 2.24) is 0 Å². The van der Waals surface area contributed by atoms with Crippen LogP contribution in [0.25, 0.3) is 0 Å². The van der Waals surface area contributed by atoms with Crippen molar-refractivity contribution in [1.29, 1.82) is 0 Å². The van der Waals surface area contributed by atoms with Crippen molar-refractivity contribution in [3.05, 3.63) is 36.5 Å². The van der Waals surface area contributed by atoms with Gasteiger partial charge in [0.2, 0.25) is 0 Å². The van der Waals surface area contributed by atoms with E-state index < -0.39 is 0 Å². The molecule has 0 spiro atoms. The van der Waals surface area contributed by atoms with Gasteiger partial charge in [-0.05, 0) is 25.7 Å². The van der Waals surface area contributed by atoms with E-state index in [9.17, 15) is 9.90 Å². The average molecular weight is 294 g/mol. The van der Waals surface area contributed by atoms with Gasteiger partial charge in [-0.2, -0.15) is 0 Å². The van der Waals surface area contributed by atoms with Gasteiger partial charge in [0.1, 0.15) is 0 Å². The molecule has 3 heteroatoms. The summed E-state index contributed by atoms with van der Waals surface area (Å²) in [6, 6.07) is 0. The van der Waals surface area contributed by atoms with Crippen LogP contribution in [0.1, 0.15) is 58.3 Å². The summed E-state index contributed by atoms with van der Waals surface area (Å²) in [7, 11) is 1.42. The van der Waals surface area contributed by atoms with Gasteiger partial charge >= 0.3 is 5.97 Å². The van der Waals surface area contributed by atoms with Crippen molar-refractivity contribution in [3.63, 3.8) is 0 Å². The smallest absolute Gasteiger partial charge is 0.305 e. The number of unbranched alkanes of at least 4 members (excludes halogenated alkanes) is 3. The number of esters is 1. The Morgan fingerprint density at radius 2 is 1.86 bits per heavy atom. The third-order valence-electron chi connectivity index (χ3n) is 3.11. The molecule has 0 amide bonds. The first-order chi connectivity index (χ1) is 10.2. The quantitative estimate of drug-likeness (QED) is 0.252. The van der Waals surface area contributed by atoms with Gasteiger partial charge in [-0.3, -0.25) is 4.79 Å². The largest absolute Gasteiger partial charge is 0.469 e. The van der Waals surface area contributed by atoms with Crippen LogP contribution in [0.3, 0.4) is 0 Å². The van der Waals surface area contributed by atoms with Crippen molar-refractivity contribution in [2.24, 2.45) is 0 Å². The van der Waals surface area contributed by atoms with Crippen molar-refractivity contribution >= 4 is 5.97 Å². The van der Waals surface area contributed by atoms with Gasteiger partial charge in [-0.25, -0.2) is 0 Å². The summed E-state index contributed by atoms with van der Waals surface area (Å²) < 4.78 is 4.58. The number of carbonyl (C=O) groups is 1. The zero-order chi connectivity index (χ0) is 15.8. The van der Waals surface area contributed by atoms with Crippen LogP contribution in [0.4, 0.5) is 0 Å². The number of hydrogen-bond donors (Lipinski definition) is 1. The fourth-order valence-electron chi connectivity index (χ4n) is 1.87. The third kappa shape index (κ3) is 14.9. The van der Waals surface area contributed by atoms with Gasteiger partial charge in [0, 0.05) is 6.42 Å². The molecule has 0 aliphatic heterocycles. The second-order valence-electron chi connectivity index (χ2n) is 5.02. The lowest BCUT2D eigenvalue weighted by Crippen LogP contribution is -2.02. The van der Waals surface area contributed by atoms with E-state index in [0.29, 0.717) is 6.42 Å². The fraction of sp³-hybridized carbons (Fsp3) is 0.611. The van der Waals surface area contributed by atoms with Crippen molar-refractivity contribution in [3.8, 4) is 0 Å². The minimum Gasteiger partial charge on any atom is -0.469 e. The summed E-state index contributed by atoms with van der Waals surface area (Å²) in [5, 5.41) is 9.76. The first-order valence-corrected chi connectivity index (χ1v) is 7.94. The molecule has 0 heterocycles. The zero-order valence-electron chi connectivity index (χ0n) is 13.5. The van der Waals surface area contributed by atoms with Crippen LogP contribution in [-0.2, 0) is 9.53 Å². The van der Waals surface area contributed by atoms with Gasteiger partial charge in [0.15, 0.2) is 0 Å². The van der Waals surface area contributed by atoms with Gasteiger partial charge < -0.3 is 9.84 Å². The molecule has 0 rings (SSSR count). The number of allylic oxidation sites excluding steroid dienone is 5. The fourth-order valence-corrected chi connectivity index (χ4v) is 1.87. The Balaban J connectivity index is 3.51. The van der Waals surface area contributed by atoms with Crippen LogP contribution in [0, 0.1) is 0 Å². The number of hydrogen-bond acceptors (Lipinski definition) is 3. The Hall–Kier alpha value is -1.35. The molecule has 0 aromatic rings. The average Bonchev–Trinajstić information content (AvgIpc) is 2.49. The summed E-state index contributed by atoms with van der Waals surface area (Å²) in [4.78, 5) is 10.9. The molecule has 0 bridgehead atoms. The van der Waals surface area contributed by atoms with Crippen LogP contribution >= 0.6 is 0 Å². The van der Waals surface area contributed by atoms with Crippen LogP contribution in [0.2, 0.25) is 0 Å². The van der Waals surface area contributed by atoms with E-state index in [4.69, 9.17) is 0 Å². The maximum absolute atomic E-state index is 10.9. The second kappa shape index (κ2) is 15.0. The Morgan fingerprint density at radius 1 is 1.10 bits per heavy atom. The lowest BCUT2D eigenvalue weighted by Gasteiger charge is -2.04. The molecule has 1 N–H and O–H groups in total. The maximum Gasteiger partial charge on any atom is 0.305 e. The molecule has 0 radical (unpaired) electrons. The topological polar surface area (TPSA) is 46.5 Å². The van der Waals surface area contributed by atoms with Gasteiger partial charge in [0.25, 0.3) is 0 Å². The lowest BCUT2D eigenvalue weighted by molar-refractivity contribution is -0.140. The maximum atomic E-state index is 10.9. The highest BCUT2D eigenvalue weighted by atomic mass is 16.5. The number of ether oxygens (including phenoxy) is 1. The molecule has 0 aromatic heterocycles. The van der Waals surface area contributed by atoms with E-state index in [0.717, 1.165) is 44.9 Å². The molecule has 1 unspecified atom stereocenters. The normalized spacial score (nSPS) is 13.5. The highest BCUT2D eigenvalue weighted by Gasteiger charge is 2.01. The number of aliphatic hydroxyl groups excluding tert-OH is 1. The van der Waals surface area contributed by atoms with Crippen molar-refractivity contribution in [2.75, 3.05) is 7.11 Å². The van der Waals surface area contributed by atoms with E-state index in [1.165, 1.54) is 7.11 Å². The van der Waals surface area contributed by atoms with Crippen molar-refractivity contribution < 1.29 is 14.6 Å². The minimum atomic E-state index is -0.374. The Bertz CT molecular complexity index is 329. The number of aliphatic hydroxyl groups is 1. The monoisotopic (exact) mass is 294 g/mol. The Morgan fingerprint density at radius 3 is 2.57 bits per heavy atom. The summed E-state index contributed by atoms with van der Waals surface area (Å²) in [6.07, 6.45) is 18.9. The number of carbonyl (C=O) groups excluding carboxylic acids is 1. The highest BCUT2D eigenvalue weighted by molar-refractivity contribution is 5.68. The van der Waals surface area contributed by atoms with Crippen LogP contribution in [0.15, 0.2) is 36.5 Å². The first-order valence-electron chi connectivity index (χ1n) is 7.94. The van der Waals surface area contributed by atoms with E-state index in [2.05, 4.69) is 29.9 Å². The summed E-state index contributed by atoms with van der Waals surface area (Å²) in [5.41, 5.74) is 0. The van der Waals surface area contributed by atoms with Crippen LogP contribution in [0.5, 0.6) is 0 Å². The molecular formula is C18H30O3. The van der Waals surface area contributed by atoms with E-state index in [-0.39, 0.29) is 12.1 Å². The van der Waals surface area contributed by atoms with E-state index in [1.807, 2.05) is 18.2 Å². The summed E-state index contributed by atoms with van der Waals surface area (Å²) in [5.74, 6) is -0.140. The molecule has 0 aliphatic carbocycles. The molecule has 1 atom stereocenters. The molecule has 0 fully saturated rings. The predicted octanol–water partition coefficient (Wildman–Crippen LogP) is 4.33. The van der Waals surface area contributed by atoms with Crippen LogP contribution in [-0.4, -0.2) is 24.3 Å². The molecule has 0 saturated carbocycles. The van der Waals surface area contributed by atoms with E-state index in [1.54, 1.807) is 0 Å². The standard InChI is InChI=1S/C18H30O3/c1-3-4-5-6-7-8-11-14-17(19)15-12-9-10-13-16-18(20)21-2/h4-5,7-8,11,14,17,19H,3,6,9-10,12-13,15-16H2,1-2H3. The lowest BCUT2D eigenvalue weighted by atomic mass is 10.1. The molecule has 21 heavy (non-hydrogen) atoms. The second-order valence-corrected chi connectivity index (χ2v) is 5.02. The van der Waals surface area contributed by atoms with Gasteiger partial charge in [-0.15, -0.1) is 0 Å². The highest BCUT2D eigenvalue weighted by Crippen LogP contribution is 2.08. The summed E-state index contributed by atoms with van der Waals surface area (Å²) in [6.45, 7) is 2.12. The minimum absolute atomic E-state index is 0.140. The third-order valence-corrected chi connectivity index (χ3v) is 3.11. The molecule has 120 valence electrons. The number of rotatable bonds is 12. The predicted molar refractivity (Wildman–Crippen MR) is 88.1 cm³/mol. The SMILES string of the molecule is CCC=CCC=CC=CC(O)CCCCCCC(=O)OC. The summed E-state index contributed by atoms with van der Waals surface area (Å²) >= 11 is 0. The first kappa shape index (κ1) is 19.7.